The first-order valence-electron chi connectivity index (χ1n) is 6.94. The molecule has 0 unspecified atom stereocenters. The summed E-state index contributed by atoms with van der Waals surface area (Å²) in [5, 5.41) is 3.21. The molecule has 0 spiro atoms. The third kappa shape index (κ3) is 5.26. The van der Waals surface area contributed by atoms with E-state index in [-0.39, 0.29) is 18.9 Å². The Morgan fingerprint density at radius 3 is 2.43 bits per heavy atom. The standard InChI is InChI=1S/C16H17ClN2O3S/c1-23(21,22)19(15-8-3-2-4-9-15)11-10-16(20)18-14-7-5-6-13(17)12-14/h2-9,12H,10-11H2,1H3,(H,18,20). The van der Waals surface area contributed by atoms with E-state index in [9.17, 15) is 13.2 Å². The van der Waals surface area contributed by atoms with Gasteiger partial charge in [0.2, 0.25) is 15.9 Å². The maximum absolute atomic E-state index is 12.0. The van der Waals surface area contributed by atoms with Crippen molar-refractivity contribution in [2.24, 2.45) is 0 Å². The molecule has 1 amide bonds. The SMILES string of the molecule is CS(=O)(=O)N(CCC(=O)Nc1cccc(Cl)c1)c1ccccc1. The van der Waals surface area contributed by atoms with Crippen molar-refractivity contribution in [2.45, 2.75) is 6.42 Å². The monoisotopic (exact) mass is 352 g/mol. The molecule has 0 saturated heterocycles. The first-order valence-corrected chi connectivity index (χ1v) is 9.17. The van der Waals surface area contributed by atoms with Gasteiger partial charge in [-0.25, -0.2) is 8.42 Å². The van der Waals surface area contributed by atoms with Crippen LogP contribution in [-0.2, 0) is 14.8 Å². The van der Waals surface area contributed by atoms with E-state index in [1.807, 2.05) is 0 Å². The normalized spacial score (nSPS) is 11.0. The van der Waals surface area contributed by atoms with Gasteiger partial charge in [-0.2, -0.15) is 0 Å². The lowest BCUT2D eigenvalue weighted by Crippen LogP contribution is -2.32. The van der Waals surface area contributed by atoms with Crippen LogP contribution < -0.4 is 9.62 Å². The Hall–Kier alpha value is -2.05. The zero-order valence-electron chi connectivity index (χ0n) is 12.6. The van der Waals surface area contributed by atoms with Gasteiger partial charge in [-0.05, 0) is 30.3 Å². The number of sulfonamides is 1. The van der Waals surface area contributed by atoms with E-state index >= 15 is 0 Å². The lowest BCUT2D eigenvalue weighted by molar-refractivity contribution is -0.116. The van der Waals surface area contributed by atoms with Crippen molar-refractivity contribution >= 4 is 38.9 Å². The minimum absolute atomic E-state index is 0.0362. The number of halogens is 1. The second kappa shape index (κ2) is 7.48. The first-order chi connectivity index (χ1) is 10.9. The third-order valence-electron chi connectivity index (χ3n) is 3.09. The van der Waals surface area contributed by atoms with Gasteiger partial charge in [0.25, 0.3) is 0 Å². The summed E-state index contributed by atoms with van der Waals surface area (Å²) in [6.07, 6.45) is 1.16. The summed E-state index contributed by atoms with van der Waals surface area (Å²) in [4.78, 5) is 12.0. The number of rotatable bonds is 6. The van der Waals surface area contributed by atoms with Crippen LogP contribution in [-0.4, -0.2) is 27.1 Å². The van der Waals surface area contributed by atoms with Gasteiger partial charge in [-0.1, -0.05) is 35.9 Å². The molecule has 0 heterocycles. The van der Waals surface area contributed by atoms with Crippen molar-refractivity contribution in [2.75, 3.05) is 22.4 Å². The van der Waals surface area contributed by atoms with Crippen LogP contribution >= 0.6 is 11.6 Å². The zero-order chi connectivity index (χ0) is 16.9. The topological polar surface area (TPSA) is 66.5 Å². The van der Waals surface area contributed by atoms with Crippen molar-refractivity contribution < 1.29 is 13.2 Å². The molecule has 0 bridgehead atoms. The number of carbonyl (C=O) groups is 1. The van der Waals surface area contributed by atoms with E-state index in [4.69, 9.17) is 11.6 Å². The van der Waals surface area contributed by atoms with Gasteiger partial charge in [-0.3, -0.25) is 9.10 Å². The Morgan fingerprint density at radius 1 is 1.13 bits per heavy atom. The van der Waals surface area contributed by atoms with E-state index in [1.54, 1.807) is 54.6 Å². The van der Waals surface area contributed by atoms with E-state index in [0.29, 0.717) is 16.4 Å². The summed E-state index contributed by atoms with van der Waals surface area (Å²) in [7, 11) is -3.46. The fraction of sp³-hybridized carbons (Fsp3) is 0.188. The number of para-hydroxylation sites is 1. The molecule has 0 radical (unpaired) electrons. The van der Waals surface area contributed by atoms with Gasteiger partial charge in [0, 0.05) is 23.7 Å². The van der Waals surface area contributed by atoms with E-state index in [2.05, 4.69) is 5.32 Å². The molecule has 2 aromatic rings. The predicted octanol–water partition coefficient (Wildman–Crippen LogP) is 3.13. The van der Waals surface area contributed by atoms with Crippen LogP contribution in [0.3, 0.4) is 0 Å². The molecule has 0 aliphatic carbocycles. The van der Waals surface area contributed by atoms with Gasteiger partial charge in [0.05, 0.1) is 11.9 Å². The molecular formula is C16H17ClN2O3S. The van der Waals surface area contributed by atoms with Crippen LogP contribution in [0.4, 0.5) is 11.4 Å². The maximum atomic E-state index is 12.0. The van der Waals surface area contributed by atoms with Crippen molar-refractivity contribution in [1.82, 2.24) is 0 Å². The molecule has 0 atom stereocenters. The van der Waals surface area contributed by atoms with Gasteiger partial charge >= 0.3 is 0 Å². The van der Waals surface area contributed by atoms with Gasteiger partial charge in [0.1, 0.15) is 0 Å². The number of hydrogen-bond donors (Lipinski definition) is 1. The van der Waals surface area contributed by atoms with Crippen LogP contribution in [0.1, 0.15) is 6.42 Å². The highest BCUT2D eigenvalue weighted by Gasteiger charge is 2.18. The second-order valence-corrected chi connectivity index (χ2v) is 7.32. The summed E-state index contributed by atoms with van der Waals surface area (Å²) in [6, 6.07) is 15.5. The number of carbonyl (C=O) groups excluding carboxylic acids is 1. The largest absolute Gasteiger partial charge is 0.326 e. The molecule has 0 aliphatic rings. The molecule has 0 fully saturated rings. The molecule has 5 nitrogen and oxygen atoms in total. The van der Waals surface area contributed by atoms with Crippen LogP contribution in [0.2, 0.25) is 5.02 Å². The number of benzene rings is 2. The maximum Gasteiger partial charge on any atom is 0.232 e. The number of amides is 1. The molecule has 122 valence electrons. The quantitative estimate of drug-likeness (QED) is 0.868. The highest BCUT2D eigenvalue weighted by molar-refractivity contribution is 7.92. The van der Waals surface area contributed by atoms with Gasteiger partial charge in [0.15, 0.2) is 0 Å². The number of nitrogens with zero attached hydrogens (tertiary/aromatic N) is 1. The van der Waals surface area contributed by atoms with Crippen LogP contribution in [0.15, 0.2) is 54.6 Å². The smallest absolute Gasteiger partial charge is 0.232 e. The summed E-state index contributed by atoms with van der Waals surface area (Å²) >= 11 is 5.86. The molecule has 7 heteroatoms. The summed E-state index contributed by atoms with van der Waals surface area (Å²) < 4.78 is 25.1. The Morgan fingerprint density at radius 2 is 1.83 bits per heavy atom. The van der Waals surface area contributed by atoms with E-state index in [1.165, 1.54) is 4.31 Å². The molecule has 1 N–H and O–H groups in total. The molecule has 0 aromatic heterocycles. The fourth-order valence-corrected chi connectivity index (χ4v) is 3.19. The lowest BCUT2D eigenvalue weighted by atomic mass is 10.3. The van der Waals surface area contributed by atoms with Crippen LogP contribution in [0.5, 0.6) is 0 Å². The zero-order valence-corrected chi connectivity index (χ0v) is 14.1. The average molecular weight is 353 g/mol. The molecule has 2 rings (SSSR count). The minimum atomic E-state index is -3.46. The summed E-state index contributed by atoms with van der Waals surface area (Å²) in [6.45, 7) is 0.0647. The Kier molecular flexibility index (Phi) is 5.63. The van der Waals surface area contributed by atoms with Crippen molar-refractivity contribution in [3.8, 4) is 0 Å². The van der Waals surface area contributed by atoms with Crippen molar-refractivity contribution in [3.63, 3.8) is 0 Å². The first kappa shape index (κ1) is 17.3. The predicted molar refractivity (Wildman–Crippen MR) is 93.3 cm³/mol. The Bertz CT molecular complexity index is 779. The number of anilines is 2. The molecule has 2 aromatic carbocycles. The van der Waals surface area contributed by atoms with Gasteiger partial charge < -0.3 is 5.32 Å². The molecule has 0 saturated carbocycles. The fourth-order valence-electron chi connectivity index (χ4n) is 2.07. The third-order valence-corrected chi connectivity index (χ3v) is 4.52. The highest BCUT2D eigenvalue weighted by Crippen LogP contribution is 2.18. The summed E-state index contributed by atoms with van der Waals surface area (Å²) in [5.41, 5.74) is 1.11. The molecule has 23 heavy (non-hydrogen) atoms. The number of nitrogens with one attached hydrogen (secondary N) is 1. The van der Waals surface area contributed by atoms with Crippen molar-refractivity contribution in [1.29, 1.82) is 0 Å². The highest BCUT2D eigenvalue weighted by atomic mass is 35.5. The molecular weight excluding hydrogens is 336 g/mol. The van der Waals surface area contributed by atoms with Crippen molar-refractivity contribution in [3.05, 3.63) is 59.6 Å². The Balaban J connectivity index is 2.03. The number of hydrogen-bond acceptors (Lipinski definition) is 3. The average Bonchev–Trinajstić information content (AvgIpc) is 2.47. The van der Waals surface area contributed by atoms with E-state index in [0.717, 1.165) is 6.26 Å². The van der Waals surface area contributed by atoms with Gasteiger partial charge in [-0.15, -0.1) is 0 Å². The second-order valence-electron chi connectivity index (χ2n) is 4.98. The molecule has 0 aliphatic heterocycles. The van der Waals surface area contributed by atoms with Crippen LogP contribution in [0.25, 0.3) is 0 Å². The Labute approximate surface area is 140 Å². The minimum Gasteiger partial charge on any atom is -0.326 e. The van der Waals surface area contributed by atoms with E-state index < -0.39 is 10.0 Å². The van der Waals surface area contributed by atoms with Crippen LogP contribution in [0, 0.1) is 0 Å². The summed E-state index contributed by atoms with van der Waals surface area (Å²) in [5.74, 6) is -0.281. The lowest BCUT2D eigenvalue weighted by Gasteiger charge is -2.22.